The van der Waals surface area contributed by atoms with Crippen molar-refractivity contribution in [3.8, 4) is 0 Å². The van der Waals surface area contributed by atoms with E-state index >= 15 is 0 Å². The van der Waals surface area contributed by atoms with Gasteiger partial charge in [0.05, 0.1) is 0 Å². The van der Waals surface area contributed by atoms with E-state index in [9.17, 15) is 0 Å². The molecule has 1 fully saturated rings. The van der Waals surface area contributed by atoms with Gasteiger partial charge in [0.2, 0.25) is 0 Å². The van der Waals surface area contributed by atoms with E-state index in [-0.39, 0.29) is 0 Å². The second kappa shape index (κ2) is 7.14. The standard InChI is InChI=1S/C14H23NOS/c1-2-15-14(13-5-8-16-9-6-13)4-3-12-7-10-17-11-12/h7,10-11,13-15H,2-6,8-9H2,1H3. The summed E-state index contributed by atoms with van der Waals surface area (Å²) in [6, 6.07) is 2.92. The highest BCUT2D eigenvalue weighted by Crippen LogP contribution is 2.22. The first-order valence-electron chi connectivity index (χ1n) is 6.72. The molecule has 1 atom stereocenters. The van der Waals surface area contributed by atoms with Crippen LogP contribution in [0.2, 0.25) is 0 Å². The van der Waals surface area contributed by atoms with Crippen molar-refractivity contribution in [2.24, 2.45) is 5.92 Å². The third kappa shape index (κ3) is 4.09. The Kier molecular flexibility index (Phi) is 5.49. The molecule has 0 aliphatic carbocycles. The molecule has 1 aliphatic rings. The monoisotopic (exact) mass is 253 g/mol. The van der Waals surface area contributed by atoms with E-state index in [1.165, 1.54) is 31.2 Å². The van der Waals surface area contributed by atoms with Crippen LogP contribution in [0, 0.1) is 5.92 Å². The second-order valence-corrected chi connectivity index (χ2v) is 5.56. The van der Waals surface area contributed by atoms with Crippen LogP contribution in [0.25, 0.3) is 0 Å². The molecule has 0 aromatic carbocycles. The first kappa shape index (κ1) is 13.1. The summed E-state index contributed by atoms with van der Waals surface area (Å²) in [6.07, 6.45) is 4.91. The van der Waals surface area contributed by atoms with Gasteiger partial charge in [0.1, 0.15) is 0 Å². The van der Waals surface area contributed by atoms with E-state index in [1.807, 2.05) is 0 Å². The fourth-order valence-electron chi connectivity index (χ4n) is 2.64. The Balaban J connectivity index is 1.82. The minimum Gasteiger partial charge on any atom is -0.381 e. The molecule has 2 rings (SSSR count). The summed E-state index contributed by atoms with van der Waals surface area (Å²) in [5, 5.41) is 8.11. The fraction of sp³-hybridized carbons (Fsp3) is 0.714. The molecule has 0 amide bonds. The van der Waals surface area contributed by atoms with Crippen LogP contribution in [0.4, 0.5) is 0 Å². The lowest BCUT2D eigenvalue weighted by Gasteiger charge is -2.31. The van der Waals surface area contributed by atoms with E-state index in [4.69, 9.17) is 4.74 Å². The number of thiophene rings is 1. The maximum absolute atomic E-state index is 5.45. The van der Waals surface area contributed by atoms with Gasteiger partial charge in [-0.25, -0.2) is 0 Å². The van der Waals surface area contributed by atoms with E-state index in [1.54, 1.807) is 11.3 Å². The summed E-state index contributed by atoms with van der Waals surface area (Å²) in [6.45, 7) is 5.18. The van der Waals surface area contributed by atoms with Crippen molar-refractivity contribution in [3.63, 3.8) is 0 Å². The number of rotatable bonds is 6. The molecule has 2 heterocycles. The number of aryl methyl sites for hydroxylation is 1. The summed E-state index contributed by atoms with van der Waals surface area (Å²) in [7, 11) is 0. The van der Waals surface area contributed by atoms with Gasteiger partial charge in [0.15, 0.2) is 0 Å². The van der Waals surface area contributed by atoms with Gasteiger partial charge in [-0.2, -0.15) is 11.3 Å². The molecule has 0 saturated carbocycles. The van der Waals surface area contributed by atoms with Gasteiger partial charge in [-0.05, 0) is 60.5 Å². The highest BCUT2D eigenvalue weighted by Gasteiger charge is 2.22. The van der Waals surface area contributed by atoms with Gasteiger partial charge in [-0.1, -0.05) is 6.92 Å². The van der Waals surface area contributed by atoms with E-state index < -0.39 is 0 Å². The third-order valence-electron chi connectivity index (χ3n) is 3.63. The van der Waals surface area contributed by atoms with Crippen molar-refractivity contribution in [3.05, 3.63) is 22.4 Å². The molecule has 1 unspecified atom stereocenters. The highest BCUT2D eigenvalue weighted by atomic mass is 32.1. The Morgan fingerprint density at radius 2 is 2.29 bits per heavy atom. The minimum absolute atomic E-state index is 0.670. The number of hydrogen-bond acceptors (Lipinski definition) is 3. The summed E-state index contributed by atoms with van der Waals surface area (Å²) < 4.78 is 5.45. The van der Waals surface area contributed by atoms with Crippen LogP contribution in [0.5, 0.6) is 0 Å². The fourth-order valence-corrected chi connectivity index (χ4v) is 3.35. The Bertz CT molecular complexity index is 293. The van der Waals surface area contributed by atoms with Gasteiger partial charge >= 0.3 is 0 Å². The number of hydrogen-bond donors (Lipinski definition) is 1. The van der Waals surface area contributed by atoms with Crippen LogP contribution in [0.1, 0.15) is 31.7 Å². The maximum atomic E-state index is 5.45. The predicted molar refractivity (Wildman–Crippen MR) is 73.6 cm³/mol. The van der Waals surface area contributed by atoms with Crippen molar-refractivity contribution >= 4 is 11.3 Å². The normalized spacial score (nSPS) is 19.4. The molecule has 1 saturated heterocycles. The Labute approximate surface area is 108 Å². The minimum atomic E-state index is 0.670. The molecule has 1 aromatic rings. The lowest BCUT2D eigenvalue weighted by atomic mass is 9.88. The topological polar surface area (TPSA) is 21.3 Å². The lowest BCUT2D eigenvalue weighted by molar-refractivity contribution is 0.0528. The van der Waals surface area contributed by atoms with Crippen molar-refractivity contribution in [2.75, 3.05) is 19.8 Å². The Morgan fingerprint density at radius 1 is 1.47 bits per heavy atom. The lowest BCUT2D eigenvalue weighted by Crippen LogP contribution is -2.39. The van der Waals surface area contributed by atoms with Crippen LogP contribution >= 0.6 is 11.3 Å². The van der Waals surface area contributed by atoms with Gasteiger partial charge in [-0.3, -0.25) is 0 Å². The molecule has 0 spiro atoms. The second-order valence-electron chi connectivity index (χ2n) is 4.78. The molecular weight excluding hydrogens is 230 g/mol. The van der Waals surface area contributed by atoms with Crippen LogP contribution < -0.4 is 5.32 Å². The first-order valence-corrected chi connectivity index (χ1v) is 7.66. The third-order valence-corrected chi connectivity index (χ3v) is 4.36. The summed E-state index contributed by atoms with van der Waals surface area (Å²) in [4.78, 5) is 0. The van der Waals surface area contributed by atoms with E-state index in [0.717, 1.165) is 25.7 Å². The molecule has 17 heavy (non-hydrogen) atoms. The molecule has 0 bridgehead atoms. The van der Waals surface area contributed by atoms with Crippen LogP contribution in [-0.4, -0.2) is 25.8 Å². The molecule has 1 aliphatic heterocycles. The van der Waals surface area contributed by atoms with Gasteiger partial charge in [0.25, 0.3) is 0 Å². The summed E-state index contributed by atoms with van der Waals surface area (Å²) in [5.74, 6) is 0.808. The quantitative estimate of drug-likeness (QED) is 0.841. The van der Waals surface area contributed by atoms with Crippen molar-refractivity contribution < 1.29 is 4.74 Å². The number of nitrogens with one attached hydrogen (secondary N) is 1. The SMILES string of the molecule is CCNC(CCc1ccsc1)C1CCOCC1. The van der Waals surface area contributed by atoms with Crippen molar-refractivity contribution in [1.82, 2.24) is 5.32 Å². The van der Waals surface area contributed by atoms with Crippen LogP contribution in [-0.2, 0) is 11.2 Å². The molecule has 1 N–H and O–H groups in total. The van der Waals surface area contributed by atoms with Crippen molar-refractivity contribution in [2.45, 2.75) is 38.6 Å². The molecule has 1 aromatic heterocycles. The Hall–Kier alpha value is -0.380. The molecular formula is C14H23NOS. The van der Waals surface area contributed by atoms with Gasteiger partial charge < -0.3 is 10.1 Å². The van der Waals surface area contributed by atoms with Crippen molar-refractivity contribution in [1.29, 1.82) is 0 Å². The average Bonchev–Trinajstić information content (AvgIpc) is 2.88. The molecule has 2 nitrogen and oxygen atoms in total. The maximum Gasteiger partial charge on any atom is 0.0469 e. The molecule has 0 radical (unpaired) electrons. The highest BCUT2D eigenvalue weighted by molar-refractivity contribution is 7.07. The average molecular weight is 253 g/mol. The largest absolute Gasteiger partial charge is 0.381 e. The van der Waals surface area contributed by atoms with E-state index in [0.29, 0.717) is 6.04 Å². The summed E-state index contributed by atoms with van der Waals surface area (Å²) >= 11 is 1.80. The summed E-state index contributed by atoms with van der Waals surface area (Å²) in [5.41, 5.74) is 1.49. The molecule has 96 valence electrons. The van der Waals surface area contributed by atoms with E-state index in [2.05, 4.69) is 29.1 Å². The van der Waals surface area contributed by atoms with Gasteiger partial charge in [0, 0.05) is 19.3 Å². The zero-order chi connectivity index (χ0) is 11.9. The zero-order valence-electron chi connectivity index (χ0n) is 10.7. The van der Waals surface area contributed by atoms with Gasteiger partial charge in [-0.15, -0.1) is 0 Å². The smallest absolute Gasteiger partial charge is 0.0469 e. The first-order chi connectivity index (χ1) is 8.40. The number of ether oxygens (including phenoxy) is 1. The predicted octanol–water partition coefficient (Wildman–Crippen LogP) is 3.09. The molecule has 3 heteroatoms. The zero-order valence-corrected chi connectivity index (χ0v) is 11.5. The van der Waals surface area contributed by atoms with Crippen LogP contribution in [0.15, 0.2) is 16.8 Å². The van der Waals surface area contributed by atoms with Crippen LogP contribution in [0.3, 0.4) is 0 Å². The Morgan fingerprint density at radius 3 is 2.94 bits per heavy atom.